The molecule has 4 heterocycles. The fourth-order valence-electron chi connectivity index (χ4n) is 4.04. The van der Waals surface area contributed by atoms with E-state index in [0.29, 0.717) is 28.5 Å². The Morgan fingerprint density at radius 3 is 2.62 bits per heavy atom. The Labute approximate surface area is 170 Å². The van der Waals surface area contributed by atoms with E-state index in [1.54, 1.807) is 11.4 Å². The molecule has 0 radical (unpaired) electrons. The predicted molar refractivity (Wildman–Crippen MR) is 111 cm³/mol. The van der Waals surface area contributed by atoms with Crippen molar-refractivity contribution in [1.82, 2.24) is 23.1 Å². The first-order valence-electron chi connectivity index (χ1n) is 9.50. The van der Waals surface area contributed by atoms with Gasteiger partial charge in [0.2, 0.25) is 5.78 Å². The molecule has 9 heteroatoms. The van der Waals surface area contributed by atoms with Crippen LogP contribution in [0.25, 0.3) is 28.2 Å². The van der Waals surface area contributed by atoms with Crippen LogP contribution in [0.3, 0.4) is 0 Å². The van der Waals surface area contributed by atoms with Crippen molar-refractivity contribution < 1.29 is 4.74 Å². The number of imidazole rings is 2. The number of halogens is 1. The second-order valence-electron chi connectivity index (χ2n) is 7.43. The number of rotatable bonds is 3. The lowest BCUT2D eigenvalue weighted by Crippen LogP contribution is -2.37. The number of fused-ring (bicyclic) bond motifs is 3. The van der Waals surface area contributed by atoms with Crippen molar-refractivity contribution in [1.29, 1.82) is 0 Å². The fraction of sp³-hybridized carbons (Fsp3) is 0.350. The number of nitrogens with zero attached hydrogens (tertiary/aromatic N) is 5. The molecule has 3 aromatic heterocycles. The van der Waals surface area contributed by atoms with E-state index in [2.05, 4.69) is 9.55 Å². The molecule has 1 aromatic carbocycles. The molecule has 8 nitrogen and oxygen atoms in total. The van der Waals surface area contributed by atoms with Crippen molar-refractivity contribution in [3.63, 3.8) is 0 Å². The molecule has 0 amide bonds. The molecule has 0 aliphatic carbocycles. The molecule has 150 valence electrons. The third-order valence-corrected chi connectivity index (χ3v) is 5.86. The van der Waals surface area contributed by atoms with Crippen LogP contribution in [-0.4, -0.2) is 35.8 Å². The van der Waals surface area contributed by atoms with Gasteiger partial charge in [0.25, 0.3) is 5.56 Å². The first-order chi connectivity index (χ1) is 14.0. The normalized spacial score (nSPS) is 17.0. The predicted octanol–water partition coefficient (Wildman–Crippen LogP) is 2.19. The van der Waals surface area contributed by atoms with Gasteiger partial charge in [0.15, 0.2) is 11.2 Å². The molecule has 5 rings (SSSR count). The van der Waals surface area contributed by atoms with Crippen LogP contribution in [0.4, 0.5) is 0 Å². The van der Waals surface area contributed by atoms with Gasteiger partial charge in [-0.05, 0) is 30.5 Å². The van der Waals surface area contributed by atoms with Gasteiger partial charge >= 0.3 is 5.69 Å². The smallest absolute Gasteiger partial charge is 0.332 e. The molecular formula is C20H20ClN5O3. The number of aryl methyl sites for hydroxylation is 1. The highest BCUT2D eigenvalue weighted by atomic mass is 35.5. The summed E-state index contributed by atoms with van der Waals surface area (Å²) in [4.78, 5) is 29.9. The number of benzene rings is 1. The zero-order valence-electron chi connectivity index (χ0n) is 16.1. The van der Waals surface area contributed by atoms with Gasteiger partial charge in [-0.2, -0.15) is 4.98 Å². The molecule has 1 atom stereocenters. The Balaban J connectivity index is 1.83. The first-order valence-corrected chi connectivity index (χ1v) is 9.88. The number of ether oxygens (including phenoxy) is 1. The number of aromatic nitrogens is 5. The van der Waals surface area contributed by atoms with Gasteiger partial charge in [0.1, 0.15) is 0 Å². The van der Waals surface area contributed by atoms with Crippen LogP contribution in [0.15, 0.2) is 40.1 Å². The van der Waals surface area contributed by atoms with Crippen molar-refractivity contribution in [3.05, 3.63) is 56.3 Å². The van der Waals surface area contributed by atoms with E-state index in [1.807, 2.05) is 30.5 Å². The number of hydrogen-bond acceptors (Lipinski definition) is 4. The van der Waals surface area contributed by atoms with Gasteiger partial charge in [-0.1, -0.05) is 23.7 Å². The monoisotopic (exact) mass is 413 g/mol. The van der Waals surface area contributed by atoms with Gasteiger partial charge in [-0.15, -0.1) is 0 Å². The van der Waals surface area contributed by atoms with Crippen molar-refractivity contribution in [2.45, 2.75) is 25.5 Å². The second kappa shape index (κ2) is 6.60. The summed E-state index contributed by atoms with van der Waals surface area (Å²) < 4.78 is 12.2. The average molecular weight is 414 g/mol. The first kappa shape index (κ1) is 18.2. The minimum atomic E-state index is -0.396. The van der Waals surface area contributed by atoms with E-state index < -0.39 is 5.69 Å². The molecule has 0 N–H and O–H groups in total. The van der Waals surface area contributed by atoms with Gasteiger partial charge < -0.3 is 9.30 Å². The molecule has 1 saturated heterocycles. The Kier molecular flexibility index (Phi) is 4.15. The maximum atomic E-state index is 12.9. The molecule has 1 fully saturated rings. The molecule has 0 unspecified atom stereocenters. The van der Waals surface area contributed by atoms with E-state index in [4.69, 9.17) is 16.3 Å². The highest BCUT2D eigenvalue weighted by Gasteiger charge is 2.24. The lowest BCUT2D eigenvalue weighted by molar-refractivity contribution is 0.0981. The molecule has 1 aliphatic heterocycles. The maximum absolute atomic E-state index is 12.9. The summed E-state index contributed by atoms with van der Waals surface area (Å²) >= 11 is 6.06. The van der Waals surface area contributed by atoms with E-state index >= 15 is 0 Å². The minimum Gasteiger partial charge on any atom is -0.376 e. The van der Waals surface area contributed by atoms with E-state index in [1.165, 1.54) is 11.6 Å². The van der Waals surface area contributed by atoms with Crippen LogP contribution in [0.1, 0.15) is 12.8 Å². The van der Waals surface area contributed by atoms with Crippen LogP contribution >= 0.6 is 11.6 Å². The van der Waals surface area contributed by atoms with Gasteiger partial charge in [-0.3, -0.25) is 18.3 Å². The summed E-state index contributed by atoms with van der Waals surface area (Å²) in [6, 6.07) is 7.56. The van der Waals surface area contributed by atoms with E-state index in [-0.39, 0.29) is 11.7 Å². The minimum absolute atomic E-state index is 0.0868. The number of hydrogen-bond donors (Lipinski definition) is 0. The van der Waals surface area contributed by atoms with E-state index in [9.17, 15) is 9.59 Å². The summed E-state index contributed by atoms with van der Waals surface area (Å²) in [7, 11) is 3.11. The van der Waals surface area contributed by atoms with Gasteiger partial charge in [0, 0.05) is 31.9 Å². The summed E-state index contributed by atoms with van der Waals surface area (Å²) in [5.74, 6) is 0.610. The van der Waals surface area contributed by atoms with Crippen LogP contribution < -0.4 is 11.2 Å². The molecule has 0 spiro atoms. The van der Waals surface area contributed by atoms with Crippen LogP contribution in [0, 0.1) is 0 Å². The molecule has 4 aromatic rings. The molecule has 29 heavy (non-hydrogen) atoms. The largest absolute Gasteiger partial charge is 0.376 e. The van der Waals surface area contributed by atoms with Gasteiger partial charge in [0.05, 0.1) is 18.3 Å². The van der Waals surface area contributed by atoms with Crippen molar-refractivity contribution in [2.24, 2.45) is 14.1 Å². The van der Waals surface area contributed by atoms with Crippen LogP contribution in [0.2, 0.25) is 5.02 Å². The van der Waals surface area contributed by atoms with Crippen LogP contribution in [-0.2, 0) is 25.4 Å². The zero-order valence-corrected chi connectivity index (χ0v) is 16.9. The van der Waals surface area contributed by atoms with Crippen molar-refractivity contribution in [2.75, 3.05) is 6.61 Å². The third kappa shape index (κ3) is 2.74. The summed E-state index contributed by atoms with van der Waals surface area (Å²) in [6.45, 7) is 1.37. The average Bonchev–Trinajstić information content (AvgIpc) is 3.42. The van der Waals surface area contributed by atoms with Crippen molar-refractivity contribution >= 4 is 28.5 Å². The molecular weight excluding hydrogens is 394 g/mol. The fourth-order valence-corrected chi connectivity index (χ4v) is 4.16. The molecule has 0 bridgehead atoms. The standard InChI is InChI=1S/C20H20ClN5O3/c1-23-17-16(18(27)24(2)20(23)28)26-11-15(12-5-7-13(21)8-6-12)25(19(26)22-17)10-14-4-3-9-29-14/h5-8,11,14H,3-4,9-10H2,1-2H3/t14-/m1/s1. The second-order valence-corrected chi connectivity index (χ2v) is 7.86. The Morgan fingerprint density at radius 2 is 1.93 bits per heavy atom. The highest BCUT2D eigenvalue weighted by molar-refractivity contribution is 6.30. The third-order valence-electron chi connectivity index (χ3n) is 5.61. The molecule has 1 aliphatic rings. The lowest BCUT2D eigenvalue weighted by Gasteiger charge is -2.14. The quantitative estimate of drug-likeness (QED) is 0.516. The van der Waals surface area contributed by atoms with Crippen LogP contribution in [0.5, 0.6) is 0 Å². The lowest BCUT2D eigenvalue weighted by atomic mass is 10.1. The maximum Gasteiger partial charge on any atom is 0.332 e. The Hall–Kier alpha value is -2.84. The topological polar surface area (TPSA) is 75.5 Å². The molecule has 0 saturated carbocycles. The Bertz CT molecular complexity index is 1350. The summed E-state index contributed by atoms with van der Waals surface area (Å²) in [5.41, 5.74) is 1.87. The van der Waals surface area contributed by atoms with Gasteiger partial charge in [-0.25, -0.2) is 4.79 Å². The Morgan fingerprint density at radius 1 is 1.17 bits per heavy atom. The SMILES string of the molecule is Cn1c(=O)c2c(nc3n(C[C@H]4CCCO4)c(-c4ccc(Cl)cc4)cn23)n(C)c1=O. The highest BCUT2D eigenvalue weighted by Crippen LogP contribution is 2.28. The summed E-state index contributed by atoms with van der Waals surface area (Å²) in [5, 5.41) is 0.657. The zero-order chi connectivity index (χ0) is 20.3. The van der Waals surface area contributed by atoms with Crippen molar-refractivity contribution in [3.8, 4) is 11.3 Å². The van der Waals surface area contributed by atoms with E-state index in [0.717, 1.165) is 35.3 Å². The summed E-state index contributed by atoms with van der Waals surface area (Å²) in [6.07, 6.45) is 3.99.